The molecule has 4 N–H and O–H groups in total. The minimum Gasteiger partial charge on any atom is -0.370 e. The molecule has 26 heavy (non-hydrogen) atoms. The van der Waals surface area contributed by atoms with Gasteiger partial charge in [-0.3, -0.25) is 10.2 Å². The van der Waals surface area contributed by atoms with Crippen molar-refractivity contribution in [2.24, 2.45) is 4.99 Å². The predicted molar refractivity (Wildman–Crippen MR) is 101 cm³/mol. The summed E-state index contributed by atoms with van der Waals surface area (Å²) in [6.45, 7) is 0. The topological polar surface area (TPSA) is 96.9 Å². The van der Waals surface area contributed by atoms with Gasteiger partial charge in [0.2, 0.25) is 0 Å². The number of nitrogens with one attached hydrogen (secondary N) is 4. The summed E-state index contributed by atoms with van der Waals surface area (Å²) < 4.78 is 0. The minimum atomic E-state index is -0.483. The first-order valence-corrected chi connectivity index (χ1v) is 8.31. The van der Waals surface area contributed by atoms with Gasteiger partial charge < -0.3 is 15.3 Å². The Bertz CT molecular complexity index is 1200. The van der Waals surface area contributed by atoms with Crippen LogP contribution < -0.4 is 16.0 Å². The van der Waals surface area contributed by atoms with Gasteiger partial charge in [-0.2, -0.15) is 0 Å². The Labute approximate surface area is 148 Å². The van der Waals surface area contributed by atoms with Crippen LogP contribution >= 0.6 is 0 Å². The van der Waals surface area contributed by atoms with Crippen molar-refractivity contribution in [3.05, 3.63) is 76.0 Å². The van der Waals surface area contributed by atoms with E-state index in [4.69, 9.17) is 5.41 Å². The van der Waals surface area contributed by atoms with Gasteiger partial charge in [0.25, 0.3) is 0 Å². The van der Waals surface area contributed by atoms with Crippen LogP contribution in [0.25, 0.3) is 18.2 Å². The van der Waals surface area contributed by atoms with Gasteiger partial charge in [0.1, 0.15) is 11.8 Å². The lowest BCUT2D eigenvalue weighted by Gasteiger charge is -2.08. The van der Waals surface area contributed by atoms with Crippen molar-refractivity contribution in [3.8, 4) is 0 Å². The lowest BCUT2D eigenvalue weighted by atomic mass is 10.1. The number of hydrogen-bond acceptors (Lipinski definition) is 4. The molecule has 0 aliphatic carbocycles. The standard InChI is InChI=1S/C20H15N5O/c21-20-16-6-5-14(24-16)8-13-2-1-11(22-13)7-12-3-4-15(23-12)9-17-19(26)10-18(20)25-17/h1-10,17,21-23,25H. The molecule has 1 unspecified atom stereocenters. The lowest BCUT2D eigenvalue weighted by molar-refractivity contribution is -0.114. The summed E-state index contributed by atoms with van der Waals surface area (Å²) in [6.07, 6.45) is 10.9. The van der Waals surface area contributed by atoms with Crippen LogP contribution in [0.4, 0.5) is 0 Å². The Kier molecular flexibility index (Phi) is 3.05. The predicted octanol–water partition coefficient (Wildman–Crippen LogP) is 0.762. The maximum Gasteiger partial charge on any atom is 0.184 e. The van der Waals surface area contributed by atoms with Gasteiger partial charge in [0, 0.05) is 28.2 Å². The molecule has 0 aromatic carbocycles. The maximum absolute atomic E-state index is 12.3. The Morgan fingerprint density at radius 1 is 0.923 bits per heavy atom. The quantitative estimate of drug-likeness (QED) is 0.569. The molecule has 6 heteroatoms. The van der Waals surface area contributed by atoms with Crippen molar-refractivity contribution in [2.45, 2.75) is 6.04 Å². The maximum atomic E-state index is 12.3. The molecule has 0 amide bonds. The first-order valence-electron chi connectivity index (χ1n) is 8.31. The highest BCUT2D eigenvalue weighted by Gasteiger charge is 2.26. The summed E-state index contributed by atoms with van der Waals surface area (Å²) in [7, 11) is 0. The molecule has 3 aliphatic rings. The highest BCUT2D eigenvalue weighted by atomic mass is 16.1. The van der Waals surface area contributed by atoms with Crippen molar-refractivity contribution in [3.63, 3.8) is 0 Å². The number of carbonyl (C=O) groups excluding carboxylic acids is 1. The summed E-state index contributed by atoms with van der Waals surface area (Å²) in [5.41, 5.74) is 3.92. The number of nitrogens with zero attached hydrogens (tertiary/aromatic N) is 1. The van der Waals surface area contributed by atoms with Crippen LogP contribution in [-0.4, -0.2) is 33.2 Å². The summed E-state index contributed by atoms with van der Waals surface area (Å²) >= 11 is 0. The average molecular weight is 341 g/mol. The van der Waals surface area contributed by atoms with E-state index < -0.39 is 6.04 Å². The van der Waals surface area contributed by atoms with Gasteiger partial charge in [-0.25, -0.2) is 4.99 Å². The van der Waals surface area contributed by atoms with E-state index in [1.54, 1.807) is 6.08 Å². The van der Waals surface area contributed by atoms with Crippen molar-refractivity contribution in [2.75, 3.05) is 0 Å². The van der Waals surface area contributed by atoms with E-state index in [1.165, 1.54) is 6.08 Å². The molecule has 0 saturated heterocycles. The fourth-order valence-electron chi connectivity index (χ4n) is 3.23. The van der Waals surface area contributed by atoms with E-state index in [9.17, 15) is 4.79 Å². The fourth-order valence-corrected chi connectivity index (χ4v) is 3.23. The Morgan fingerprint density at radius 2 is 1.73 bits per heavy atom. The number of allylic oxidation sites excluding steroid dienone is 3. The minimum absolute atomic E-state index is 0.0684. The van der Waals surface area contributed by atoms with E-state index >= 15 is 0 Å². The Morgan fingerprint density at radius 3 is 2.62 bits per heavy atom. The number of aromatic nitrogens is 2. The number of carbonyl (C=O) groups is 1. The summed E-state index contributed by atoms with van der Waals surface area (Å²) in [4.78, 5) is 23.4. The molecule has 8 bridgehead atoms. The number of aliphatic imine (C=N–C) groups is 1. The summed E-state index contributed by atoms with van der Waals surface area (Å²) in [5, 5.41) is 13.3. The Balaban J connectivity index is 1.68. The van der Waals surface area contributed by atoms with Gasteiger partial charge in [-0.15, -0.1) is 0 Å². The average Bonchev–Trinajstić information content (AvgIpc) is 3.38. The van der Waals surface area contributed by atoms with Crippen LogP contribution in [0.2, 0.25) is 0 Å². The second-order valence-electron chi connectivity index (χ2n) is 6.41. The van der Waals surface area contributed by atoms with E-state index in [1.807, 2.05) is 48.6 Å². The molecule has 6 nitrogen and oxygen atoms in total. The van der Waals surface area contributed by atoms with Crippen LogP contribution in [-0.2, 0) is 4.79 Å². The van der Waals surface area contributed by atoms with Gasteiger partial charge in [0.15, 0.2) is 5.78 Å². The number of ketones is 1. The highest BCUT2D eigenvalue weighted by molar-refractivity contribution is 6.52. The van der Waals surface area contributed by atoms with Crippen molar-refractivity contribution in [1.29, 1.82) is 5.41 Å². The number of hydrogen-bond donors (Lipinski definition) is 4. The second kappa shape index (κ2) is 5.42. The largest absolute Gasteiger partial charge is 0.370 e. The summed E-state index contributed by atoms with van der Waals surface area (Å²) in [6, 6.07) is 7.40. The van der Waals surface area contributed by atoms with Gasteiger partial charge in [-0.1, -0.05) is 0 Å². The SMILES string of the molecule is N=C1C2=CC(=O)C(C=c3ccc([nH]3)=Cc3ccc([nH]3)C=C3C=CC1=N3)N2. The molecule has 1 atom stereocenters. The third-order valence-electron chi connectivity index (χ3n) is 4.51. The molecular weight excluding hydrogens is 326 g/mol. The van der Waals surface area contributed by atoms with Crippen molar-refractivity contribution >= 4 is 35.4 Å². The molecule has 5 rings (SSSR count). The third-order valence-corrected chi connectivity index (χ3v) is 4.51. The summed E-state index contributed by atoms with van der Waals surface area (Å²) in [5.74, 6) is -0.0684. The molecule has 2 aromatic rings. The van der Waals surface area contributed by atoms with Crippen LogP contribution in [0, 0.1) is 5.41 Å². The fraction of sp³-hybridized carbons (Fsp3) is 0.0500. The monoisotopic (exact) mass is 341 g/mol. The van der Waals surface area contributed by atoms with Crippen LogP contribution in [0.3, 0.4) is 0 Å². The highest BCUT2D eigenvalue weighted by Crippen LogP contribution is 2.17. The molecule has 0 saturated carbocycles. The van der Waals surface area contributed by atoms with E-state index in [2.05, 4.69) is 20.3 Å². The van der Waals surface area contributed by atoms with Gasteiger partial charge in [0.05, 0.1) is 17.1 Å². The zero-order valence-corrected chi connectivity index (χ0v) is 13.7. The number of fused-ring (bicyclic) bond motifs is 7. The molecule has 126 valence electrons. The van der Waals surface area contributed by atoms with Crippen LogP contribution in [0.5, 0.6) is 0 Å². The van der Waals surface area contributed by atoms with Crippen molar-refractivity contribution in [1.82, 2.24) is 15.3 Å². The zero-order chi connectivity index (χ0) is 17.7. The van der Waals surface area contributed by atoms with E-state index in [-0.39, 0.29) is 11.5 Å². The first kappa shape index (κ1) is 14.7. The normalized spacial score (nSPS) is 20.8. The van der Waals surface area contributed by atoms with E-state index in [0.29, 0.717) is 11.4 Å². The molecule has 0 fully saturated rings. The van der Waals surface area contributed by atoms with Gasteiger partial charge >= 0.3 is 0 Å². The lowest BCUT2D eigenvalue weighted by Crippen LogP contribution is -2.31. The molecule has 3 aliphatic heterocycles. The smallest absolute Gasteiger partial charge is 0.184 e. The third kappa shape index (κ3) is 2.48. The number of aromatic amines is 2. The van der Waals surface area contributed by atoms with E-state index in [0.717, 1.165) is 27.8 Å². The van der Waals surface area contributed by atoms with Crippen LogP contribution in [0.15, 0.2) is 58.9 Å². The zero-order valence-electron chi connectivity index (χ0n) is 13.7. The number of rotatable bonds is 0. The molecule has 0 radical (unpaired) electrons. The Hall–Kier alpha value is -3.67. The van der Waals surface area contributed by atoms with Crippen molar-refractivity contribution < 1.29 is 4.79 Å². The second-order valence-corrected chi connectivity index (χ2v) is 6.41. The number of H-pyrrole nitrogens is 2. The van der Waals surface area contributed by atoms with Gasteiger partial charge in [-0.05, 0) is 54.6 Å². The first-order chi connectivity index (χ1) is 12.6. The molecule has 5 heterocycles. The molecule has 2 aromatic heterocycles. The van der Waals surface area contributed by atoms with Crippen LogP contribution in [0.1, 0.15) is 11.4 Å². The molecular formula is C20H15N5O. The molecule has 0 spiro atoms.